The van der Waals surface area contributed by atoms with E-state index in [1.807, 2.05) is 30.3 Å². The Kier molecular flexibility index (Phi) is 8.31. The molecule has 0 radical (unpaired) electrons. The van der Waals surface area contributed by atoms with Crippen LogP contribution in [0.15, 0.2) is 43.0 Å². The van der Waals surface area contributed by atoms with Crippen LogP contribution in [0.25, 0.3) is 0 Å². The molecular weight excluding hydrogens is 324 g/mol. The number of carbonyl (C=O) groups excluding carboxylic acids is 2. The van der Waals surface area contributed by atoms with Crippen LogP contribution in [-0.2, 0) is 30.4 Å². The molecule has 2 atom stereocenters. The van der Waals surface area contributed by atoms with Crippen LogP contribution in [0.1, 0.15) is 25.8 Å². The van der Waals surface area contributed by atoms with Crippen molar-refractivity contribution in [3.63, 3.8) is 0 Å². The van der Waals surface area contributed by atoms with E-state index in [0.29, 0.717) is 6.61 Å². The molecule has 138 valence electrons. The first-order chi connectivity index (χ1) is 11.8. The summed E-state index contributed by atoms with van der Waals surface area (Å²) in [5.74, 6) is -2.46. The van der Waals surface area contributed by atoms with Gasteiger partial charge < -0.3 is 19.3 Å². The molecule has 25 heavy (non-hydrogen) atoms. The Labute approximate surface area is 148 Å². The van der Waals surface area contributed by atoms with Crippen LogP contribution in [0.5, 0.6) is 0 Å². The van der Waals surface area contributed by atoms with Gasteiger partial charge in [-0.2, -0.15) is 0 Å². The van der Waals surface area contributed by atoms with E-state index in [0.717, 1.165) is 5.56 Å². The summed E-state index contributed by atoms with van der Waals surface area (Å²) in [5, 5.41) is 10.9. The highest BCUT2D eigenvalue weighted by molar-refractivity contribution is 5.86. The maximum Gasteiger partial charge on any atom is 0.339 e. The number of carbonyl (C=O) groups is 2. The minimum Gasteiger partial charge on any atom is -0.469 e. The van der Waals surface area contributed by atoms with Crippen molar-refractivity contribution in [2.45, 2.75) is 38.6 Å². The fourth-order valence-electron chi connectivity index (χ4n) is 2.24. The first kappa shape index (κ1) is 20.9. The Morgan fingerprint density at radius 1 is 1.28 bits per heavy atom. The predicted molar refractivity (Wildman–Crippen MR) is 92.6 cm³/mol. The Balaban J connectivity index is 2.85. The quantitative estimate of drug-likeness (QED) is 0.515. The van der Waals surface area contributed by atoms with Gasteiger partial charge in [0.05, 0.1) is 32.8 Å². The molecule has 0 aromatic heterocycles. The summed E-state index contributed by atoms with van der Waals surface area (Å²) in [6.45, 7) is 7.27. The minimum atomic E-state index is -2.10. The van der Waals surface area contributed by atoms with Gasteiger partial charge in [0.1, 0.15) is 0 Å². The van der Waals surface area contributed by atoms with Crippen molar-refractivity contribution in [2.24, 2.45) is 5.92 Å². The van der Waals surface area contributed by atoms with E-state index in [1.165, 1.54) is 13.2 Å². The summed E-state index contributed by atoms with van der Waals surface area (Å²) in [5.41, 5.74) is -1.15. The van der Waals surface area contributed by atoms with Gasteiger partial charge in [0, 0.05) is 5.92 Å². The molecule has 0 bridgehead atoms. The second-order valence-electron chi connectivity index (χ2n) is 5.97. The summed E-state index contributed by atoms with van der Waals surface area (Å²) >= 11 is 0. The molecule has 0 saturated heterocycles. The van der Waals surface area contributed by atoms with Crippen molar-refractivity contribution < 1.29 is 28.9 Å². The van der Waals surface area contributed by atoms with E-state index in [2.05, 4.69) is 11.3 Å². The van der Waals surface area contributed by atoms with E-state index in [1.54, 1.807) is 13.8 Å². The average molecular weight is 350 g/mol. The number of esters is 2. The molecule has 1 aromatic rings. The third-order valence-corrected chi connectivity index (χ3v) is 3.64. The number of hydrogen-bond donors (Lipinski definition) is 1. The average Bonchev–Trinajstić information content (AvgIpc) is 2.58. The second kappa shape index (κ2) is 9.96. The van der Waals surface area contributed by atoms with Gasteiger partial charge in [0.25, 0.3) is 0 Å². The molecule has 1 rings (SSSR count). The first-order valence-electron chi connectivity index (χ1n) is 8.08. The van der Waals surface area contributed by atoms with Crippen molar-refractivity contribution >= 4 is 11.9 Å². The predicted octanol–water partition coefficient (Wildman–Crippen LogP) is 2.25. The first-order valence-corrected chi connectivity index (χ1v) is 8.08. The lowest BCUT2D eigenvalue weighted by Crippen LogP contribution is -2.50. The van der Waals surface area contributed by atoms with Gasteiger partial charge >= 0.3 is 11.9 Å². The SMILES string of the molecule is C=C[C@H](COCc1ccccc1)[C@@](O)(CC(=O)OC)C(=O)OC(C)C. The van der Waals surface area contributed by atoms with Gasteiger partial charge in [0.2, 0.25) is 0 Å². The normalized spacial score (nSPS) is 14.4. The van der Waals surface area contributed by atoms with Gasteiger partial charge in [0.15, 0.2) is 5.60 Å². The van der Waals surface area contributed by atoms with E-state index < -0.39 is 36.0 Å². The molecule has 0 heterocycles. The summed E-state index contributed by atoms with van der Waals surface area (Å²) in [4.78, 5) is 24.0. The monoisotopic (exact) mass is 350 g/mol. The largest absolute Gasteiger partial charge is 0.469 e. The van der Waals surface area contributed by atoms with Crippen LogP contribution in [0.3, 0.4) is 0 Å². The maximum absolute atomic E-state index is 12.4. The Morgan fingerprint density at radius 2 is 1.92 bits per heavy atom. The molecule has 0 fully saturated rings. The molecule has 0 saturated carbocycles. The zero-order valence-electron chi connectivity index (χ0n) is 14.9. The lowest BCUT2D eigenvalue weighted by Gasteiger charge is -2.32. The molecule has 6 heteroatoms. The molecule has 6 nitrogen and oxygen atoms in total. The smallest absolute Gasteiger partial charge is 0.339 e. The van der Waals surface area contributed by atoms with E-state index in [9.17, 15) is 14.7 Å². The highest BCUT2D eigenvalue weighted by Gasteiger charge is 2.46. The summed E-state index contributed by atoms with van der Waals surface area (Å²) in [7, 11) is 1.19. The minimum absolute atomic E-state index is 0.000909. The summed E-state index contributed by atoms with van der Waals surface area (Å²) in [6.07, 6.45) is 0.406. The lowest BCUT2D eigenvalue weighted by molar-refractivity contribution is -0.182. The molecule has 0 unspecified atom stereocenters. The van der Waals surface area contributed by atoms with E-state index in [4.69, 9.17) is 9.47 Å². The molecule has 0 spiro atoms. The van der Waals surface area contributed by atoms with Gasteiger partial charge in [-0.25, -0.2) is 4.79 Å². The Bertz CT molecular complexity index is 569. The molecular formula is C19H26O6. The van der Waals surface area contributed by atoms with Crippen LogP contribution < -0.4 is 0 Å². The maximum atomic E-state index is 12.4. The van der Waals surface area contributed by atoms with Gasteiger partial charge in [-0.15, -0.1) is 6.58 Å². The van der Waals surface area contributed by atoms with Crippen LogP contribution in [0.4, 0.5) is 0 Å². The number of aliphatic hydroxyl groups is 1. The summed E-state index contributed by atoms with van der Waals surface area (Å²) < 4.78 is 15.3. The van der Waals surface area contributed by atoms with Crippen molar-refractivity contribution in [1.29, 1.82) is 0 Å². The van der Waals surface area contributed by atoms with Gasteiger partial charge in [-0.05, 0) is 19.4 Å². The van der Waals surface area contributed by atoms with Crippen molar-refractivity contribution in [2.75, 3.05) is 13.7 Å². The number of benzene rings is 1. The lowest BCUT2D eigenvalue weighted by atomic mass is 9.84. The molecule has 1 aromatic carbocycles. The van der Waals surface area contributed by atoms with Crippen LogP contribution in [-0.4, -0.2) is 42.5 Å². The summed E-state index contributed by atoms with van der Waals surface area (Å²) in [6, 6.07) is 9.47. The highest BCUT2D eigenvalue weighted by Crippen LogP contribution is 2.27. The van der Waals surface area contributed by atoms with Gasteiger partial charge in [-0.3, -0.25) is 4.79 Å². The number of methoxy groups -OCH3 is 1. The standard InChI is InChI=1S/C19H26O6/c1-5-16(13-24-12-15-9-7-6-8-10-15)19(22,11-17(20)23-4)18(21)25-14(2)3/h5-10,14,16,22H,1,11-13H2,2-4H3/t16-,19+/m1/s1. The third kappa shape index (κ3) is 6.32. The van der Waals surface area contributed by atoms with Gasteiger partial charge in [-0.1, -0.05) is 36.4 Å². The fourth-order valence-corrected chi connectivity index (χ4v) is 2.24. The fraction of sp³-hybridized carbons (Fsp3) is 0.474. The Hall–Kier alpha value is -2.18. The molecule has 0 aliphatic carbocycles. The number of ether oxygens (including phenoxy) is 3. The zero-order valence-corrected chi connectivity index (χ0v) is 14.9. The van der Waals surface area contributed by atoms with Crippen molar-refractivity contribution in [3.8, 4) is 0 Å². The number of rotatable bonds is 10. The highest BCUT2D eigenvalue weighted by atomic mass is 16.6. The molecule has 0 aliphatic rings. The third-order valence-electron chi connectivity index (χ3n) is 3.64. The van der Waals surface area contributed by atoms with Crippen LogP contribution in [0, 0.1) is 5.92 Å². The second-order valence-corrected chi connectivity index (χ2v) is 5.97. The molecule has 1 N–H and O–H groups in total. The molecule has 0 amide bonds. The van der Waals surface area contributed by atoms with Crippen LogP contribution in [0.2, 0.25) is 0 Å². The van der Waals surface area contributed by atoms with Crippen molar-refractivity contribution in [3.05, 3.63) is 48.6 Å². The zero-order chi connectivity index (χ0) is 18.9. The Morgan fingerprint density at radius 3 is 2.44 bits per heavy atom. The van der Waals surface area contributed by atoms with E-state index >= 15 is 0 Å². The van der Waals surface area contributed by atoms with Crippen LogP contribution >= 0.6 is 0 Å². The van der Waals surface area contributed by atoms with Crippen molar-refractivity contribution in [1.82, 2.24) is 0 Å². The number of hydrogen-bond acceptors (Lipinski definition) is 6. The molecule has 0 aliphatic heterocycles. The topological polar surface area (TPSA) is 82.1 Å². The van der Waals surface area contributed by atoms with E-state index in [-0.39, 0.29) is 6.61 Å².